The second-order valence-corrected chi connectivity index (χ2v) is 6.53. The molecular weight excluding hydrogens is 290 g/mol. The molecule has 0 aliphatic heterocycles. The van der Waals surface area contributed by atoms with Crippen LogP contribution in [-0.2, 0) is 6.42 Å². The Morgan fingerprint density at radius 1 is 1.09 bits per heavy atom. The molecule has 0 unspecified atom stereocenters. The largest absolute Gasteiger partial charge is 0.321 e. The minimum Gasteiger partial charge on any atom is -0.321 e. The highest BCUT2D eigenvalue weighted by atomic mass is 32.1. The van der Waals surface area contributed by atoms with Gasteiger partial charge in [-0.05, 0) is 42.5 Å². The Morgan fingerprint density at radius 2 is 1.82 bits per heavy atom. The lowest BCUT2D eigenvalue weighted by atomic mass is 10.1. The fourth-order valence-corrected chi connectivity index (χ4v) is 3.75. The van der Waals surface area contributed by atoms with Crippen molar-refractivity contribution in [2.24, 2.45) is 0 Å². The van der Waals surface area contributed by atoms with Crippen LogP contribution < -0.4 is 5.32 Å². The lowest BCUT2D eigenvalue weighted by Crippen LogP contribution is -2.12. The normalized spacial score (nSPS) is 10.8. The highest BCUT2D eigenvalue weighted by Crippen LogP contribution is 2.32. The summed E-state index contributed by atoms with van der Waals surface area (Å²) >= 11 is 1.58. The summed E-state index contributed by atoms with van der Waals surface area (Å²) in [6.07, 6.45) is 1.96. The SMILES string of the molecule is CCCc1c(C(=O)Nc2ccc(C)cc2)sc2ccccc12. The Labute approximate surface area is 134 Å². The van der Waals surface area contributed by atoms with Crippen molar-refractivity contribution in [3.05, 3.63) is 64.5 Å². The number of carbonyl (C=O) groups is 1. The number of carbonyl (C=O) groups excluding carboxylic acids is 1. The molecule has 0 fully saturated rings. The van der Waals surface area contributed by atoms with E-state index >= 15 is 0 Å². The number of aryl methyl sites for hydroxylation is 2. The van der Waals surface area contributed by atoms with Gasteiger partial charge in [-0.25, -0.2) is 0 Å². The maximum atomic E-state index is 12.7. The van der Waals surface area contributed by atoms with Crippen LogP contribution in [0.1, 0.15) is 34.1 Å². The van der Waals surface area contributed by atoms with E-state index in [4.69, 9.17) is 0 Å². The third-order valence-electron chi connectivity index (χ3n) is 3.71. The van der Waals surface area contributed by atoms with Crippen molar-refractivity contribution in [3.8, 4) is 0 Å². The molecule has 1 heterocycles. The lowest BCUT2D eigenvalue weighted by Gasteiger charge is -2.06. The molecule has 0 radical (unpaired) electrons. The first-order valence-corrected chi connectivity index (χ1v) is 8.39. The first kappa shape index (κ1) is 14.8. The Kier molecular flexibility index (Phi) is 4.25. The van der Waals surface area contributed by atoms with Crippen molar-refractivity contribution < 1.29 is 4.79 Å². The fourth-order valence-electron chi connectivity index (χ4n) is 2.61. The average molecular weight is 309 g/mol. The standard InChI is InChI=1S/C19H19NOS/c1-3-6-16-15-7-4-5-8-17(15)22-18(16)19(21)20-14-11-9-13(2)10-12-14/h4-5,7-12H,3,6H2,1-2H3,(H,20,21). The molecular formula is C19H19NOS. The number of thiophene rings is 1. The maximum absolute atomic E-state index is 12.7. The highest BCUT2D eigenvalue weighted by Gasteiger charge is 2.17. The van der Waals surface area contributed by atoms with E-state index in [0.29, 0.717) is 0 Å². The molecule has 2 nitrogen and oxygen atoms in total. The molecule has 22 heavy (non-hydrogen) atoms. The molecule has 1 aromatic heterocycles. The number of hydrogen-bond donors (Lipinski definition) is 1. The quantitative estimate of drug-likeness (QED) is 0.685. The number of fused-ring (bicyclic) bond motifs is 1. The maximum Gasteiger partial charge on any atom is 0.266 e. The second kappa shape index (κ2) is 6.32. The van der Waals surface area contributed by atoms with Gasteiger partial charge in [-0.1, -0.05) is 49.2 Å². The van der Waals surface area contributed by atoms with E-state index in [2.05, 4.69) is 24.4 Å². The van der Waals surface area contributed by atoms with Gasteiger partial charge in [0.2, 0.25) is 0 Å². The zero-order valence-corrected chi connectivity index (χ0v) is 13.7. The summed E-state index contributed by atoms with van der Waals surface area (Å²) in [5.74, 6) is -0.00602. The van der Waals surface area contributed by atoms with Crippen LogP contribution in [0, 0.1) is 6.92 Å². The smallest absolute Gasteiger partial charge is 0.266 e. The van der Waals surface area contributed by atoms with Gasteiger partial charge < -0.3 is 5.32 Å². The van der Waals surface area contributed by atoms with Gasteiger partial charge in [0.05, 0.1) is 4.88 Å². The third-order valence-corrected chi connectivity index (χ3v) is 4.93. The molecule has 3 rings (SSSR count). The van der Waals surface area contributed by atoms with Crippen molar-refractivity contribution in [1.29, 1.82) is 0 Å². The van der Waals surface area contributed by atoms with Gasteiger partial charge in [-0.15, -0.1) is 11.3 Å². The zero-order valence-electron chi connectivity index (χ0n) is 12.8. The summed E-state index contributed by atoms with van der Waals surface area (Å²) in [5, 5.41) is 4.23. The summed E-state index contributed by atoms with van der Waals surface area (Å²) in [6.45, 7) is 4.19. The van der Waals surface area contributed by atoms with E-state index in [-0.39, 0.29) is 5.91 Å². The predicted octanol–water partition coefficient (Wildman–Crippen LogP) is 5.41. The van der Waals surface area contributed by atoms with Crippen molar-refractivity contribution >= 4 is 33.0 Å². The lowest BCUT2D eigenvalue weighted by molar-refractivity contribution is 0.103. The van der Waals surface area contributed by atoms with Crippen LogP contribution in [0.2, 0.25) is 0 Å². The second-order valence-electron chi connectivity index (χ2n) is 5.48. The number of amides is 1. The van der Waals surface area contributed by atoms with Crippen LogP contribution in [0.3, 0.4) is 0 Å². The third kappa shape index (κ3) is 2.90. The zero-order chi connectivity index (χ0) is 15.5. The van der Waals surface area contributed by atoms with E-state index in [0.717, 1.165) is 23.4 Å². The molecule has 0 atom stereocenters. The van der Waals surface area contributed by atoms with Crippen LogP contribution in [-0.4, -0.2) is 5.91 Å². The van der Waals surface area contributed by atoms with Gasteiger partial charge in [-0.3, -0.25) is 4.79 Å². The summed E-state index contributed by atoms with van der Waals surface area (Å²) in [6, 6.07) is 16.2. The van der Waals surface area contributed by atoms with Crippen molar-refractivity contribution in [3.63, 3.8) is 0 Å². The Balaban J connectivity index is 1.96. The van der Waals surface area contributed by atoms with Gasteiger partial charge in [0.1, 0.15) is 0 Å². The minimum absolute atomic E-state index is 0.00602. The predicted molar refractivity (Wildman–Crippen MR) is 95.0 cm³/mol. The van der Waals surface area contributed by atoms with Crippen LogP contribution in [0.5, 0.6) is 0 Å². The van der Waals surface area contributed by atoms with E-state index < -0.39 is 0 Å². The van der Waals surface area contributed by atoms with E-state index in [1.54, 1.807) is 11.3 Å². The minimum atomic E-state index is -0.00602. The number of rotatable bonds is 4. The Morgan fingerprint density at radius 3 is 2.55 bits per heavy atom. The number of hydrogen-bond acceptors (Lipinski definition) is 2. The van der Waals surface area contributed by atoms with Crippen molar-refractivity contribution in [2.45, 2.75) is 26.7 Å². The van der Waals surface area contributed by atoms with Crippen LogP contribution in [0.25, 0.3) is 10.1 Å². The monoisotopic (exact) mass is 309 g/mol. The molecule has 3 heteroatoms. The Hall–Kier alpha value is -2.13. The van der Waals surface area contributed by atoms with Crippen molar-refractivity contribution in [2.75, 3.05) is 5.32 Å². The molecule has 0 spiro atoms. The average Bonchev–Trinajstić information content (AvgIpc) is 2.89. The molecule has 0 aliphatic carbocycles. The Bertz CT molecular complexity index is 802. The van der Waals surface area contributed by atoms with E-state index in [1.165, 1.54) is 21.2 Å². The molecule has 3 aromatic rings. The van der Waals surface area contributed by atoms with Gasteiger partial charge in [0.25, 0.3) is 5.91 Å². The molecule has 1 N–H and O–H groups in total. The number of anilines is 1. The molecule has 112 valence electrons. The topological polar surface area (TPSA) is 29.1 Å². The van der Waals surface area contributed by atoms with Crippen LogP contribution in [0.4, 0.5) is 5.69 Å². The summed E-state index contributed by atoms with van der Waals surface area (Å²) in [5.41, 5.74) is 3.20. The highest BCUT2D eigenvalue weighted by molar-refractivity contribution is 7.21. The van der Waals surface area contributed by atoms with Gasteiger partial charge in [0.15, 0.2) is 0 Å². The summed E-state index contributed by atoms with van der Waals surface area (Å²) < 4.78 is 1.18. The van der Waals surface area contributed by atoms with Gasteiger partial charge in [-0.2, -0.15) is 0 Å². The molecule has 2 aromatic carbocycles. The molecule has 1 amide bonds. The van der Waals surface area contributed by atoms with E-state index in [9.17, 15) is 4.79 Å². The molecule has 0 saturated heterocycles. The summed E-state index contributed by atoms with van der Waals surface area (Å²) in [7, 11) is 0. The number of nitrogens with one attached hydrogen (secondary N) is 1. The van der Waals surface area contributed by atoms with Crippen LogP contribution >= 0.6 is 11.3 Å². The van der Waals surface area contributed by atoms with Crippen molar-refractivity contribution in [1.82, 2.24) is 0 Å². The van der Waals surface area contributed by atoms with E-state index in [1.807, 2.05) is 43.3 Å². The first-order chi connectivity index (χ1) is 10.7. The number of benzene rings is 2. The fraction of sp³-hybridized carbons (Fsp3) is 0.211. The molecule has 0 saturated carbocycles. The van der Waals surface area contributed by atoms with Crippen LogP contribution in [0.15, 0.2) is 48.5 Å². The van der Waals surface area contributed by atoms with Gasteiger partial charge >= 0.3 is 0 Å². The molecule has 0 bridgehead atoms. The van der Waals surface area contributed by atoms with Gasteiger partial charge in [0, 0.05) is 10.4 Å². The summed E-state index contributed by atoms with van der Waals surface area (Å²) in [4.78, 5) is 13.5. The molecule has 0 aliphatic rings. The first-order valence-electron chi connectivity index (χ1n) is 7.57.